The molecule has 1 amide bonds. The molecule has 1 aromatic heterocycles. The molecule has 0 aromatic carbocycles. The van der Waals surface area contributed by atoms with Gasteiger partial charge in [0.2, 0.25) is 5.91 Å². The summed E-state index contributed by atoms with van der Waals surface area (Å²) in [5.74, 6) is 2.21. The minimum absolute atomic E-state index is 0.246. The van der Waals surface area contributed by atoms with E-state index in [1.807, 2.05) is 4.90 Å². The van der Waals surface area contributed by atoms with Crippen molar-refractivity contribution in [1.82, 2.24) is 19.8 Å². The average Bonchev–Trinajstić information content (AvgIpc) is 2.66. The van der Waals surface area contributed by atoms with Crippen molar-refractivity contribution in [2.75, 3.05) is 26.2 Å². The second-order valence-corrected chi connectivity index (χ2v) is 9.45. The van der Waals surface area contributed by atoms with Gasteiger partial charge in [-0.3, -0.25) is 4.79 Å². The Morgan fingerprint density at radius 3 is 2.19 bits per heavy atom. The van der Waals surface area contributed by atoms with Gasteiger partial charge in [0.1, 0.15) is 5.82 Å². The molecule has 1 saturated carbocycles. The van der Waals surface area contributed by atoms with Gasteiger partial charge >= 0.3 is 0 Å². The highest BCUT2D eigenvalue weighted by Crippen LogP contribution is 2.45. The summed E-state index contributed by atoms with van der Waals surface area (Å²) in [6, 6.07) is 0.752. The summed E-state index contributed by atoms with van der Waals surface area (Å²) in [7, 11) is 0. The van der Waals surface area contributed by atoms with Crippen LogP contribution in [0.5, 0.6) is 0 Å². The van der Waals surface area contributed by atoms with Crippen LogP contribution >= 0.6 is 0 Å². The van der Waals surface area contributed by atoms with E-state index in [-0.39, 0.29) is 5.91 Å². The van der Waals surface area contributed by atoms with Crippen LogP contribution in [0.25, 0.3) is 0 Å². The number of likely N-dealkylation sites (tertiary alicyclic amines) is 2. The standard InChI is InChI=1S/C22H34N4O/c1-16(2)21-23-12-19(13-24-21)18-6-10-25(11-7-18)20-4-8-22(9-5-20)14-26(15-22)17(3)27/h12-13,16,18,20H,4-11,14-15H2,1-3H3. The maximum absolute atomic E-state index is 11.5. The Labute approximate surface area is 163 Å². The second-order valence-electron chi connectivity index (χ2n) is 9.45. The summed E-state index contributed by atoms with van der Waals surface area (Å²) < 4.78 is 0. The Bertz CT molecular complexity index is 647. The van der Waals surface area contributed by atoms with E-state index in [2.05, 4.69) is 41.1 Å². The molecule has 3 aliphatic rings. The molecular formula is C22H34N4O. The van der Waals surface area contributed by atoms with Crippen LogP contribution in [0.3, 0.4) is 0 Å². The molecule has 3 fully saturated rings. The molecule has 4 rings (SSSR count). The van der Waals surface area contributed by atoms with E-state index < -0.39 is 0 Å². The van der Waals surface area contributed by atoms with E-state index in [1.54, 1.807) is 6.92 Å². The largest absolute Gasteiger partial charge is 0.342 e. The van der Waals surface area contributed by atoms with Crippen LogP contribution < -0.4 is 0 Å². The first kappa shape index (κ1) is 18.9. The van der Waals surface area contributed by atoms with E-state index in [9.17, 15) is 4.79 Å². The number of carbonyl (C=O) groups excluding carboxylic acids is 1. The lowest BCUT2D eigenvalue weighted by atomic mass is 9.67. The molecule has 0 atom stereocenters. The smallest absolute Gasteiger partial charge is 0.219 e. The van der Waals surface area contributed by atoms with Gasteiger partial charge in [0.25, 0.3) is 0 Å². The summed E-state index contributed by atoms with van der Waals surface area (Å²) >= 11 is 0. The van der Waals surface area contributed by atoms with E-state index in [4.69, 9.17) is 0 Å². The summed E-state index contributed by atoms with van der Waals surface area (Å²) in [6.45, 7) is 10.4. The van der Waals surface area contributed by atoms with Crippen LogP contribution in [0.15, 0.2) is 12.4 Å². The molecule has 27 heavy (non-hydrogen) atoms. The van der Waals surface area contributed by atoms with Gasteiger partial charge in [-0.05, 0) is 63.1 Å². The van der Waals surface area contributed by atoms with Crippen LogP contribution in [0.1, 0.15) is 82.5 Å². The highest BCUT2D eigenvalue weighted by Gasteiger charge is 2.46. The van der Waals surface area contributed by atoms with Crippen LogP contribution in [0.2, 0.25) is 0 Å². The minimum Gasteiger partial charge on any atom is -0.342 e. The quantitative estimate of drug-likeness (QED) is 0.816. The van der Waals surface area contributed by atoms with Gasteiger partial charge in [-0.25, -0.2) is 9.97 Å². The molecular weight excluding hydrogens is 336 g/mol. The highest BCUT2D eigenvalue weighted by atomic mass is 16.2. The van der Waals surface area contributed by atoms with Gasteiger partial charge in [-0.2, -0.15) is 0 Å². The fourth-order valence-electron chi connectivity index (χ4n) is 5.34. The Kier molecular flexibility index (Phi) is 5.23. The van der Waals surface area contributed by atoms with Gasteiger partial charge in [0, 0.05) is 49.8 Å². The van der Waals surface area contributed by atoms with Crippen molar-refractivity contribution in [3.8, 4) is 0 Å². The van der Waals surface area contributed by atoms with Crippen LogP contribution in [-0.4, -0.2) is 57.9 Å². The fraction of sp³-hybridized carbons (Fsp3) is 0.773. The second kappa shape index (κ2) is 7.50. The SMILES string of the molecule is CC(=O)N1CC2(CCC(N3CCC(c4cnc(C(C)C)nc4)CC3)CC2)C1. The van der Waals surface area contributed by atoms with Crippen molar-refractivity contribution in [2.24, 2.45) is 5.41 Å². The van der Waals surface area contributed by atoms with Gasteiger partial charge in [0.05, 0.1) is 0 Å². The maximum atomic E-state index is 11.5. The first-order chi connectivity index (χ1) is 13.0. The Hall–Kier alpha value is -1.49. The van der Waals surface area contributed by atoms with Crippen LogP contribution in [0, 0.1) is 5.41 Å². The average molecular weight is 371 g/mol. The molecule has 0 unspecified atom stereocenters. The van der Waals surface area contributed by atoms with E-state index in [0.717, 1.165) is 25.0 Å². The van der Waals surface area contributed by atoms with E-state index in [1.165, 1.54) is 57.2 Å². The number of amides is 1. The monoisotopic (exact) mass is 370 g/mol. The third-order valence-corrected chi connectivity index (χ3v) is 7.24. The summed E-state index contributed by atoms with van der Waals surface area (Å²) in [6.07, 6.45) is 11.8. The zero-order chi connectivity index (χ0) is 19.0. The molecule has 5 heteroatoms. The lowest BCUT2D eigenvalue weighted by molar-refractivity contribution is -0.144. The number of hydrogen-bond donors (Lipinski definition) is 0. The Morgan fingerprint density at radius 2 is 1.67 bits per heavy atom. The zero-order valence-corrected chi connectivity index (χ0v) is 17.2. The van der Waals surface area contributed by atoms with Crippen molar-refractivity contribution in [3.63, 3.8) is 0 Å². The lowest BCUT2D eigenvalue weighted by Gasteiger charge is -2.54. The number of carbonyl (C=O) groups is 1. The molecule has 0 N–H and O–H groups in total. The fourth-order valence-corrected chi connectivity index (χ4v) is 5.34. The van der Waals surface area contributed by atoms with Gasteiger partial charge < -0.3 is 9.80 Å². The van der Waals surface area contributed by atoms with Gasteiger partial charge in [-0.15, -0.1) is 0 Å². The van der Waals surface area contributed by atoms with Crippen molar-refractivity contribution < 1.29 is 4.79 Å². The predicted octanol–water partition coefficient (Wildman–Crippen LogP) is 3.57. The minimum atomic E-state index is 0.246. The molecule has 2 saturated heterocycles. The Balaban J connectivity index is 1.25. The summed E-state index contributed by atoms with van der Waals surface area (Å²) in [5.41, 5.74) is 1.77. The first-order valence-corrected chi connectivity index (χ1v) is 10.8. The predicted molar refractivity (Wildman–Crippen MR) is 107 cm³/mol. The number of hydrogen-bond acceptors (Lipinski definition) is 4. The van der Waals surface area contributed by atoms with E-state index >= 15 is 0 Å². The third-order valence-electron chi connectivity index (χ3n) is 7.24. The van der Waals surface area contributed by atoms with Crippen LogP contribution in [0.4, 0.5) is 0 Å². The number of aromatic nitrogens is 2. The lowest BCUT2D eigenvalue weighted by Crippen LogP contribution is -2.60. The third kappa shape index (κ3) is 3.89. The first-order valence-electron chi connectivity index (χ1n) is 10.8. The molecule has 3 heterocycles. The van der Waals surface area contributed by atoms with Crippen molar-refractivity contribution in [2.45, 2.75) is 77.2 Å². The molecule has 1 spiro atoms. The molecule has 0 radical (unpaired) electrons. The number of piperidine rings is 1. The topological polar surface area (TPSA) is 49.3 Å². The summed E-state index contributed by atoms with van der Waals surface area (Å²) in [5, 5.41) is 0. The van der Waals surface area contributed by atoms with Gasteiger partial charge in [0.15, 0.2) is 0 Å². The van der Waals surface area contributed by atoms with Crippen LogP contribution in [-0.2, 0) is 4.79 Å². The molecule has 5 nitrogen and oxygen atoms in total. The number of nitrogens with zero attached hydrogens (tertiary/aromatic N) is 4. The molecule has 0 bridgehead atoms. The van der Waals surface area contributed by atoms with E-state index in [0.29, 0.717) is 17.3 Å². The van der Waals surface area contributed by atoms with Gasteiger partial charge in [-0.1, -0.05) is 13.8 Å². The zero-order valence-electron chi connectivity index (χ0n) is 17.2. The molecule has 148 valence electrons. The van der Waals surface area contributed by atoms with Crippen molar-refractivity contribution in [1.29, 1.82) is 0 Å². The highest BCUT2D eigenvalue weighted by molar-refractivity contribution is 5.74. The van der Waals surface area contributed by atoms with Crippen molar-refractivity contribution in [3.05, 3.63) is 23.8 Å². The molecule has 1 aliphatic carbocycles. The van der Waals surface area contributed by atoms with Crippen molar-refractivity contribution >= 4 is 5.91 Å². The number of rotatable bonds is 3. The Morgan fingerprint density at radius 1 is 1.07 bits per heavy atom. The normalized spacial score (nSPS) is 24.4. The molecule has 2 aliphatic heterocycles. The maximum Gasteiger partial charge on any atom is 0.219 e. The molecule has 1 aromatic rings. The summed E-state index contributed by atoms with van der Waals surface area (Å²) in [4.78, 5) is 25.3.